The van der Waals surface area contributed by atoms with Gasteiger partial charge in [0.1, 0.15) is 6.17 Å². The summed E-state index contributed by atoms with van der Waals surface area (Å²) in [5, 5.41) is 4.23. The maximum absolute atomic E-state index is 14.5. The number of nitrogens with zero attached hydrogens (tertiary/aromatic N) is 2. The van der Waals surface area contributed by atoms with Crippen molar-refractivity contribution in [3.63, 3.8) is 0 Å². The number of anilines is 1. The number of aromatic nitrogens is 1. The van der Waals surface area contributed by atoms with Crippen LogP contribution in [0.4, 0.5) is 23.2 Å². The van der Waals surface area contributed by atoms with E-state index in [-0.39, 0.29) is 12.2 Å². The molecule has 0 saturated carbocycles. The topological polar surface area (TPSA) is 54.2 Å². The molecule has 0 radical (unpaired) electrons. The Morgan fingerprint density at radius 3 is 2.76 bits per heavy atom. The van der Waals surface area contributed by atoms with Crippen LogP contribution in [0.15, 0.2) is 30.3 Å². The second kappa shape index (κ2) is 8.67. The molecule has 1 aliphatic heterocycles. The first-order valence-corrected chi connectivity index (χ1v) is 9.67. The fraction of sp³-hybridized carbons (Fsp3) is 0.476. The van der Waals surface area contributed by atoms with E-state index in [1.54, 1.807) is 36.4 Å². The maximum atomic E-state index is 14.5. The lowest BCUT2D eigenvalue weighted by molar-refractivity contribution is -0.146. The highest BCUT2D eigenvalue weighted by atomic mass is 19.4. The smallest absolute Gasteiger partial charge is 0.379 e. The summed E-state index contributed by atoms with van der Waals surface area (Å²) < 4.78 is 54.9. The average Bonchev–Trinajstić information content (AvgIpc) is 2.67. The number of rotatable bonds is 5. The Labute approximate surface area is 167 Å². The summed E-state index contributed by atoms with van der Waals surface area (Å²) >= 11 is 0. The molecule has 1 saturated heterocycles. The van der Waals surface area contributed by atoms with E-state index in [2.05, 4.69) is 10.3 Å². The normalized spacial score (nSPS) is 22.3. The van der Waals surface area contributed by atoms with Gasteiger partial charge in [-0.3, -0.25) is 4.98 Å². The molecule has 2 heterocycles. The number of fused-ring (bicyclic) bond motifs is 1. The molecule has 1 fully saturated rings. The fourth-order valence-corrected chi connectivity index (χ4v) is 3.63. The quantitative estimate of drug-likeness (QED) is 0.721. The Bertz CT molecular complexity index is 881. The van der Waals surface area contributed by atoms with Crippen molar-refractivity contribution in [1.29, 1.82) is 0 Å². The van der Waals surface area contributed by atoms with Gasteiger partial charge in [-0.2, -0.15) is 13.2 Å². The van der Waals surface area contributed by atoms with Gasteiger partial charge in [0.15, 0.2) is 0 Å². The molecule has 3 N–H and O–H groups in total. The van der Waals surface area contributed by atoms with Gasteiger partial charge in [-0.15, -0.1) is 0 Å². The van der Waals surface area contributed by atoms with Gasteiger partial charge >= 0.3 is 6.18 Å². The highest BCUT2D eigenvalue weighted by Crippen LogP contribution is 2.38. The standard InChI is InChI=1S/C21H26F4N4/c1-13(21(23,24)25)20-15-6-3-7-18(16(15)11-14(27-20)5-4-9-26)28-19-8-10-29(2)12-17(19)22/h3-7,11,13,17,19,28H,8-10,12,26H2,1-2H3/b5-4+/t13?,17-,19+/m0/s1. The molecule has 0 aliphatic carbocycles. The molecule has 158 valence electrons. The van der Waals surface area contributed by atoms with Crippen molar-refractivity contribution in [3.05, 3.63) is 41.7 Å². The van der Waals surface area contributed by atoms with Gasteiger partial charge < -0.3 is 16.0 Å². The van der Waals surface area contributed by atoms with Crippen molar-refractivity contribution in [1.82, 2.24) is 9.88 Å². The number of pyridine rings is 1. The van der Waals surface area contributed by atoms with Crippen LogP contribution in [0, 0.1) is 0 Å². The molecule has 0 bridgehead atoms. The first-order chi connectivity index (χ1) is 13.7. The van der Waals surface area contributed by atoms with E-state index in [4.69, 9.17) is 5.73 Å². The summed E-state index contributed by atoms with van der Waals surface area (Å²) in [5.41, 5.74) is 6.44. The minimum Gasteiger partial charge on any atom is -0.379 e. The zero-order valence-corrected chi connectivity index (χ0v) is 16.5. The van der Waals surface area contributed by atoms with E-state index in [1.807, 2.05) is 11.9 Å². The summed E-state index contributed by atoms with van der Waals surface area (Å²) in [6, 6.07) is 6.40. The number of likely N-dealkylation sites (tertiary alicyclic amines) is 1. The monoisotopic (exact) mass is 410 g/mol. The largest absolute Gasteiger partial charge is 0.397 e. The van der Waals surface area contributed by atoms with Gasteiger partial charge in [0.25, 0.3) is 0 Å². The van der Waals surface area contributed by atoms with Gasteiger partial charge in [-0.25, -0.2) is 4.39 Å². The van der Waals surface area contributed by atoms with Crippen LogP contribution >= 0.6 is 0 Å². The van der Waals surface area contributed by atoms with Crippen LogP contribution in [-0.2, 0) is 0 Å². The predicted molar refractivity (Wildman–Crippen MR) is 109 cm³/mol. The van der Waals surface area contributed by atoms with E-state index in [0.29, 0.717) is 35.1 Å². The molecule has 1 aromatic heterocycles. The van der Waals surface area contributed by atoms with E-state index < -0.39 is 24.3 Å². The Hall–Kier alpha value is -2.19. The van der Waals surface area contributed by atoms with Crippen LogP contribution in [0.2, 0.25) is 0 Å². The number of hydrogen-bond donors (Lipinski definition) is 2. The molecular weight excluding hydrogens is 384 g/mol. The summed E-state index contributed by atoms with van der Waals surface area (Å²) in [4.78, 5) is 6.17. The summed E-state index contributed by atoms with van der Waals surface area (Å²) in [7, 11) is 1.87. The molecule has 8 heteroatoms. The molecule has 1 unspecified atom stereocenters. The first-order valence-electron chi connectivity index (χ1n) is 9.67. The van der Waals surface area contributed by atoms with E-state index in [0.717, 1.165) is 13.5 Å². The summed E-state index contributed by atoms with van der Waals surface area (Å²) in [6.45, 7) is 2.44. The third-order valence-electron chi connectivity index (χ3n) is 5.34. The molecular formula is C21H26F4N4. The molecule has 2 aromatic rings. The third-order valence-corrected chi connectivity index (χ3v) is 5.34. The minimum atomic E-state index is -4.42. The lowest BCUT2D eigenvalue weighted by Gasteiger charge is -2.33. The number of nitrogens with one attached hydrogen (secondary N) is 1. The van der Waals surface area contributed by atoms with Crippen LogP contribution in [0.1, 0.15) is 30.7 Å². The minimum absolute atomic E-state index is 0.0458. The number of benzene rings is 1. The van der Waals surface area contributed by atoms with Crippen molar-refractivity contribution in [2.45, 2.75) is 37.7 Å². The zero-order valence-electron chi connectivity index (χ0n) is 16.5. The van der Waals surface area contributed by atoms with Crippen LogP contribution in [0.5, 0.6) is 0 Å². The highest BCUT2D eigenvalue weighted by molar-refractivity contribution is 5.96. The SMILES string of the molecule is CC(c1nc(/C=C/CN)cc2c(N[C@@H]3CCN(C)C[C@@H]3F)cccc12)C(F)(F)F. The number of hydrogen-bond acceptors (Lipinski definition) is 4. The van der Waals surface area contributed by atoms with Crippen molar-refractivity contribution >= 4 is 22.5 Å². The number of nitrogens with two attached hydrogens (primary N) is 1. The average molecular weight is 410 g/mol. The predicted octanol–water partition coefficient (Wildman–Crippen LogP) is 4.33. The van der Waals surface area contributed by atoms with Crippen molar-refractivity contribution < 1.29 is 17.6 Å². The lowest BCUT2D eigenvalue weighted by atomic mass is 9.97. The molecule has 3 rings (SSSR count). The third kappa shape index (κ3) is 4.87. The van der Waals surface area contributed by atoms with Crippen LogP contribution in [0.3, 0.4) is 0 Å². The lowest BCUT2D eigenvalue weighted by Crippen LogP contribution is -2.46. The Kier molecular flexibility index (Phi) is 6.43. The zero-order chi connectivity index (χ0) is 21.2. The van der Waals surface area contributed by atoms with Gasteiger partial charge in [-0.1, -0.05) is 18.2 Å². The highest BCUT2D eigenvalue weighted by Gasteiger charge is 2.39. The second-order valence-corrected chi connectivity index (χ2v) is 7.55. The van der Waals surface area contributed by atoms with Crippen LogP contribution in [-0.4, -0.2) is 55.0 Å². The molecule has 4 nitrogen and oxygen atoms in total. The van der Waals surface area contributed by atoms with Crippen LogP contribution in [0.25, 0.3) is 16.8 Å². The van der Waals surface area contributed by atoms with E-state index in [9.17, 15) is 17.6 Å². The Balaban J connectivity index is 2.08. The van der Waals surface area contributed by atoms with Crippen LogP contribution < -0.4 is 11.1 Å². The molecule has 1 aromatic carbocycles. The molecule has 0 spiro atoms. The maximum Gasteiger partial charge on any atom is 0.397 e. The van der Waals surface area contributed by atoms with Crippen molar-refractivity contribution in [3.8, 4) is 0 Å². The van der Waals surface area contributed by atoms with Crippen molar-refractivity contribution in [2.75, 3.05) is 32.0 Å². The molecule has 1 aliphatic rings. The van der Waals surface area contributed by atoms with E-state index >= 15 is 0 Å². The fourth-order valence-electron chi connectivity index (χ4n) is 3.63. The Morgan fingerprint density at radius 1 is 1.34 bits per heavy atom. The molecule has 0 amide bonds. The molecule has 3 atom stereocenters. The van der Waals surface area contributed by atoms with Gasteiger partial charge in [0.05, 0.1) is 23.3 Å². The second-order valence-electron chi connectivity index (χ2n) is 7.55. The Morgan fingerprint density at radius 2 is 2.10 bits per heavy atom. The van der Waals surface area contributed by atoms with Gasteiger partial charge in [-0.05, 0) is 38.6 Å². The number of piperidine rings is 1. The first kappa shape index (κ1) is 21.5. The number of halogens is 4. The van der Waals surface area contributed by atoms with Gasteiger partial charge in [0.2, 0.25) is 0 Å². The number of alkyl halides is 4. The van der Waals surface area contributed by atoms with Gasteiger partial charge in [0, 0.05) is 36.1 Å². The van der Waals surface area contributed by atoms with E-state index in [1.165, 1.54) is 0 Å². The summed E-state index contributed by atoms with van der Waals surface area (Å²) in [6.07, 6.45) is -1.62. The summed E-state index contributed by atoms with van der Waals surface area (Å²) in [5.74, 6) is -1.73. The molecule has 29 heavy (non-hydrogen) atoms. The van der Waals surface area contributed by atoms with Crippen molar-refractivity contribution in [2.24, 2.45) is 5.73 Å².